The molecule has 0 saturated heterocycles. The monoisotopic (exact) mass is 466 g/mol. The molecule has 34 heavy (non-hydrogen) atoms. The van der Waals surface area contributed by atoms with E-state index in [1.807, 2.05) is 12.1 Å². The number of hydrogen-bond acceptors (Lipinski definition) is 7. The number of rotatable bonds is 7. The van der Waals surface area contributed by atoms with Crippen molar-refractivity contribution < 1.29 is 33.4 Å². The third-order valence-corrected chi connectivity index (χ3v) is 5.64. The quantitative estimate of drug-likeness (QED) is 0.475. The first-order valence-corrected chi connectivity index (χ1v) is 11.3. The second-order valence-electron chi connectivity index (χ2n) is 8.14. The van der Waals surface area contributed by atoms with E-state index < -0.39 is 24.5 Å². The number of esters is 1. The van der Waals surface area contributed by atoms with Gasteiger partial charge in [-0.15, -0.1) is 0 Å². The minimum atomic E-state index is -0.788. The van der Waals surface area contributed by atoms with Crippen molar-refractivity contribution in [3.8, 4) is 11.5 Å². The van der Waals surface area contributed by atoms with Crippen LogP contribution in [0.15, 0.2) is 36.4 Å². The van der Waals surface area contributed by atoms with Crippen LogP contribution in [0.1, 0.15) is 47.2 Å². The van der Waals surface area contributed by atoms with Crippen LogP contribution in [0.25, 0.3) is 0 Å². The maximum Gasteiger partial charge on any atom is 0.325 e. The summed E-state index contributed by atoms with van der Waals surface area (Å²) < 4.78 is 15.7. The summed E-state index contributed by atoms with van der Waals surface area (Å²) in [7, 11) is 0. The SMILES string of the molecule is O=C(COC(=O)CCC(=O)c1ccc2c(c1)CCCC2)NC(=O)Nc1ccc2c(c1)OCCO2. The van der Waals surface area contributed by atoms with Crippen molar-refractivity contribution in [3.63, 3.8) is 0 Å². The van der Waals surface area contributed by atoms with E-state index in [9.17, 15) is 19.2 Å². The minimum absolute atomic E-state index is 0.0101. The van der Waals surface area contributed by atoms with Crippen molar-refractivity contribution in [2.24, 2.45) is 0 Å². The fourth-order valence-corrected chi connectivity index (χ4v) is 3.93. The number of amides is 3. The van der Waals surface area contributed by atoms with Crippen molar-refractivity contribution in [2.75, 3.05) is 25.1 Å². The molecule has 178 valence electrons. The van der Waals surface area contributed by atoms with Gasteiger partial charge in [-0.1, -0.05) is 12.1 Å². The lowest BCUT2D eigenvalue weighted by Gasteiger charge is -2.19. The number of nitrogens with one attached hydrogen (secondary N) is 2. The van der Waals surface area contributed by atoms with Gasteiger partial charge in [-0.05, 0) is 55.0 Å². The highest BCUT2D eigenvalue weighted by Crippen LogP contribution is 2.32. The predicted molar refractivity (Wildman–Crippen MR) is 122 cm³/mol. The number of anilines is 1. The van der Waals surface area contributed by atoms with Crippen molar-refractivity contribution >= 4 is 29.4 Å². The lowest BCUT2D eigenvalue weighted by atomic mass is 9.89. The fraction of sp³-hybridized carbons (Fsp3) is 0.360. The molecule has 1 aliphatic heterocycles. The van der Waals surface area contributed by atoms with Gasteiger partial charge in [-0.25, -0.2) is 4.79 Å². The molecule has 2 aromatic rings. The normalized spacial score (nSPS) is 13.9. The van der Waals surface area contributed by atoms with Gasteiger partial charge in [-0.3, -0.25) is 19.7 Å². The molecule has 9 nitrogen and oxygen atoms in total. The van der Waals surface area contributed by atoms with Crippen molar-refractivity contribution in [2.45, 2.75) is 38.5 Å². The zero-order chi connectivity index (χ0) is 23.9. The lowest BCUT2D eigenvalue weighted by Crippen LogP contribution is -2.37. The average Bonchev–Trinajstić information content (AvgIpc) is 2.85. The summed E-state index contributed by atoms with van der Waals surface area (Å²) in [6.07, 6.45) is 4.13. The van der Waals surface area contributed by atoms with Crippen LogP contribution in [0.5, 0.6) is 11.5 Å². The Morgan fingerprint density at radius 2 is 1.62 bits per heavy atom. The summed E-state index contributed by atoms with van der Waals surface area (Å²) in [5.74, 6) is -0.550. The van der Waals surface area contributed by atoms with Crippen LogP contribution in [0.3, 0.4) is 0 Å². The first-order valence-electron chi connectivity index (χ1n) is 11.3. The molecule has 1 aliphatic carbocycles. The number of urea groups is 1. The Kier molecular flexibility index (Phi) is 7.41. The molecule has 0 saturated carbocycles. The standard InChI is InChI=1S/C25H26N2O7/c28-20(18-6-5-16-3-1-2-4-17(16)13-18)8-10-24(30)34-15-23(29)27-25(31)26-19-7-9-21-22(14-19)33-12-11-32-21/h5-7,9,13-14H,1-4,8,10-12,15H2,(H2,26,27,29,31). The van der Waals surface area contributed by atoms with E-state index in [0.29, 0.717) is 36.0 Å². The zero-order valence-corrected chi connectivity index (χ0v) is 18.7. The summed E-state index contributed by atoms with van der Waals surface area (Å²) >= 11 is 0. The number of hydrogen-bond donors (Lipinski definition) is 2. The Bertz CT molecular complexity index is 1110. The van der Waals surface area contributed by atoms with Crippen LogP contribution >= 0.6 is 0 Å². The third-order valence-electron chi connectivity index (χ3n) is 5.64. The van der Waals surface area contributed by atoms with Gasteiger partial charge in [0.25, 0.3) is 5.91 Å². The van der Waals surface area contributed by atoms with Gasteiger partial charge in [0.1, 0.15) is 13.2 Å². The Morgan fingerprint density at radius 1 is 0.853 bits per heavy atom. The van der Waals surface area contributed by atoms with E-state index in [0.717, 1.165) is 19.3 Å². The van der Waals surface area contributed by atoms with Gasteiger partial charge in [0.15, 0.2) is 23.9 Å². The topological polar surface area (TPSA) is 120 Å². The Hall–Kier alpha value is -3.88. The van der Waals surface area contributed by atoms with Crippen molar-refractivity contribution in [3.05, 3.63) is 53.1 Å². The number of imide groups is 1. The van der Waals surface area contributed by atoms with E-state index in [1.54, 1.807) is 24.3 Å². The summed E-state index contributed by atoms with van der Waals surface area (Å²) in [4.78, 5) is 48.3. The van der Waals surface area contributed by atoms with Crippen LogP contribution in [0.4, 0.5) is 10.5 Å². The molecule has 2 aromatic carbocycles. The maximum atomic E-state index is 12.4. The highest BCUT2D eigenvalue weighted by Gasteiger charge is 2.17. The Labute approximate surface area is 196 Å². The highest BCUT2D eigenvalue weighted by molar-refractivity contribution is 6.02. The molecule has 0 atom stereocenters. The first-order chi connectivity index (χ1) is 16.5. The summed E-state index contributed by atoms with van der Waals surface area (Å²) in [5, 5.41) is 4.58. The minimum Gasteiger partial charge on any atom is -0.486 e. The number of benzene rings is 2. The van der Waals surface area contributed by atoms with Crippen LogP contribution in [-0.4, -0.2) is 43.5 Å². The number of aryl methyl sites for hydroxylation is 2. The molecule has 1 heterocycles. The number of carbonyl (C=O) groups excluding carboxylic acids is 4. The van der Waals surface area contributed by atoms with Gasteiger partial charge in [0, 0.05) is 23.7 Å². The molecule has 0 aromatic heterocycles. The molecular weight excluding hydrogens is 440 g/mol. The second-order valence-corrected chi connectivity index (χ2v) is 8.14. The molecule has 0 fully saturated rings. The highest BCUT2D eigenvalue weighted by atomic mass is 16.6. The number of ether oxygens (including phenoxy) is 3. The lowest BCUT2D eigenvalue weighted by molar-refractivity contribution is -0.148. The van der Waals surface area contributed by atoms with Gasteiger partial charge >= 0.3 is 12.0 Å². The molecule has 9 heteroatoms. The molecule has 0 radical (unpaired) electrons. The average molecular weight is 466 g/mol. The van der Waals surface area contributed by atoms with Gasteiger partial charge < -0.3 is 19.5 Å². The van der Waals surface area contributed by atoms with Gasteiger partial charge in [0.05, 0.1) is 6.42 Å². The van der Waals surface area contributed by atoms with Crippen molar-refractivity contribution in [1.82, 2.24) is 5.32 Å². The van der Waals surface area contributed by atoms with Crippen LogP contribution in [-0.2, 0) is 27.2 Å². The van der Waals surface area contributed by atoms with E-state index in [1.165, 1.54) is 17.5 Å². The predicted octanol–water partition coefficient (Wildman–Crippen LogP) is 3.19. The smallest absolute Gasteiger partial charge is 0.325 e. The van der Waals surface area contributed by atoms with Crippen molar-refractivity contribution in [1.29, 1.82) is 0 Å². The van der Waals surface area contributed by atoms with Gasteiger partial charge in [-0.2, -0.15) is 0 Å². The van der Waals surface area contributed by atoms with E-state index in [-0.39, 0.29) is 18.6 Å². The fourth-order valence-electron chi connectivity index (χ4n) is 3.93. The molecule has 2 aliphatic rings. The molecule has 3 amide bonds. The second kappa shape index (κ2) is 10.8. The molecule has 0 spiro atoms. The Balaban J connectivity index is 1.17. The summed E-state index contributed by atoms with van der Waals surface area (Å²) in [6, 6.07) is 9.76. The molecule has 0 bridgehead atoms. The summed E-state index contributed by atoms with van der Waals surface area (Å²) in [6.45, 7) is 0.238. The molecule has 0 unspecified atom stereocenters. The van der Waals surface area contributed by atoms with Gasteiger partial charge in [0.2, 0.25) is 0 Å². The molecular formula is C25H26N2O7. The van der Waals surface area contributed by atoms with E-state index in [4.69, 9.17) is 14.2 Å². The number of ketones is 1. The van der Waals surface area contributed by atoms with Crippen LogP contribution in [0, 0.1) is 0 Å². The molecule has 4 rings (SSSR count). The van der Waals surface area contributed by atoms with E-state index in [2.05, 4.69) is 10.6 Å². The maximum absolute atomic E-state index is 12.4. The zero-order valence-electron chi connectivity index (χ0n) is 18.7. The number of Topliss-reactive ketones (excluding diaryl/α,β-unsaturated/α-hetero) is 1. The Morgan fingerprint density at radius 3 is 2.44 bits per heavy atom. The van der Waals surface area contributed by atoms with Crippen LogP contribution in [0.2, 0.25) is 0 Å². The number of fused-ring (bicyclic) bond motifs is 2. The first kappa shape index (κ1) is 23.3. The van der Waals surface area contributed by atoms with Crippen LogP contribution < -0.4 is 20.1 Å². The third kappa shape index (κ3) is 6.12. The molecule has 2 N–H and O–H groups in total. The largest absolute Gasteiger partial charge is 0.486 e. The number of carbonyl (C=O) groups is 4. The summed E-state index contributed by atoms with van der Waals surface area (Å²) in [5.41, 5.74) is 3.48. The van der Waals surface area contributed by atoms with E-state index >= 15 is 0 Å².